The van der Waals surface area contributed by atoms with Crippen molar-refractivity contribution < 1.29 is 17.9 Å². The SMILES string of the molecule is COc1ccc(CN(C)S(=O)(=O)c2ccc(C)cc2C)cc1OC. The van der Waals surface area contributed by atoms with E-state index in [1.165, 1.54) is 4.31 Å². The maximum Gasteiger partial charge on any atom is 0.243 e. The normalized spacial score (nSPS) is 11.6. The highest BCUT2D eigenvalue weighted by Crippen LogP contribution is 2.29. The molecule has 0 aliphatic rings. The van der Waals surface area contributed by atoms with Gasteiger partial charge < -0.3 is 9.47 Å². The zero-order valence-corrected chi connectivity index (χ0v) is 15.5. The van der Waals surface area contributed by atoms with Crippen LogP contribution in [0.15, 0.2) is 41.3 Å². The van der Waals surface area contributed by atoms with Crippen molar-refractivity contribution in [1.82, 2.24) is 4.31 Å². The summed E-state index contributed by atoms with van der Waals surface area (Å²) in [6.45, 7) is 4.00. The lowest BCUT2D eigenvalue weighted by Crippen LogP contribution is -2.27. The molecule has 0 aliphatic heterocycles. The lowest BCUT2D eigenvalue weighted by Gasteiger charge is -2.19. The van der Waals surface area contributed by atoms with Gasteiger partial charge in [0.05, 0.1) is 19.1 Å². The van der Waals surface area contributed by atoms with E-state index < -0.39 is 10.0 Å². The molecule has 0 saturated carbocycles. The first-order chi connectivity index (χ1) is 11.3. The molecule has 6 heteroatoms. The van der Waals surface area contributed by atoms with Crippen molar-refractivity contribution >= 4 is 10.0 Å². The van der Waals surface area contributed by atoms with Crippen LogP contribution in [-0.2, 0) is 16.6 Å². The van der Waals surface area contributed by atoms with Crippen LogP contribution in [0.5, 0.6) is 11.5 Å². The van der Waals surface area contributed by atoms with E-state index in [1.54, 1.807) is 39.5 Å². The van der Waals surface area contributed by atoms with Gasteiger partial charge in [-0.15, -0.1) is 0 Å². The molecule has 5 nitrogen and oxygen atoms in total. The molecule has 0 fully saturated rings. The van der Waals surface area contributed by atoms with Crippen LogP contribution in [0.1, 0.15) is 16.7 Å². The number of hydrogen-bond donors (Lipinski definition) is 0. The summed E-state index contributed by atoms with van der Waals surface area (Å²) in [7, 11) is 1.13. The fourth-order valence-electron chi connectivity index (χ4n) is 2.58. The number of sulfonamides is 1. The molecule has 2 aromatic carbocycles. The first kappa shape index (κ1) is 18.3. The molecule has 2 aromatic rings. The summed E-state index contributed by atoms with van der Waals surface area (Å²) in [5.74, 6) is 1.19. The number of ether oxygens (including phenoxy) is 2. The molecule has 0 radical (unpaired) electrons. The van der Waals surface area contributed by atoms with Crippen LogP contribution < -0.4 is 9.47 Å². The van der Waals surface area contributed by atoms with Crippen LogP contribution in [0.4, 0.5) is 0 Å². The molecule has 0 aromatic heterocycles. The fraction of sp³-hybridized carbons (Fsp3) is 0.333. The van der Waals surface area contributed by atoms with Crippen molar-refractivity contribution in [3.63, 3.8) is 0 Å². The molecule has 0 heterocycles. The first-order valence-corrected chi connectivity index (χ1v) is 8.98. The van der Waals surface area contributed by atoms with Crippen LogP contribution in [0, 0.1) is 13.8 Å². The van der Waals surface area contributed by atoms with Gasteiger partial charge in [0, 0.05) is 13.6 Å². The van der Waals surface area contributed by atoms with E-state index in [0.717, 1.165) is 16.7 Å². The van der Waals surface area contributed by atoms with Crippen molar-refractivity contribution in [2.75, 3.05) is 21.3 Å². The average Bonchev–Trinajstić information content (AvgIpc) is 2.54. The van der Waals surface area contributed by atoms with E-state index in [9.17, 15) is 8.42 Å². The molecule has 0 atom stereocenters. The number of aryl methyl sites for hydroxylation is 2. The van der Waals surface area contributed by atoms with Gasteiger partial charge in [0.15, 0.2) is 11.5 Å². The van der Waals surface area contributed by atoms with Crippen LogP contribution in [-0.4, -0.2) is 34.0 Å². The maximum absolute atomic E-state index is 12.8. The molecule has 0 unspecified atom stereocenters. The highest BCUT2D eigenvalue weighted by Gasteiger charge is 2.23. The van der Waals surface area contributed by atoms with Crippen LogP contribution in [0.3, 0.4) is 0 Å². The Morgan fingerprint density at radius 3 is 2.21 bits per heavy atom. The first-order valence-electron chi connectivity index (χ1n) is 7.54. The second kappa shape index (κ2) is 7.23. The zero-order valence-electron chi connectivity index (χ0n) is 14.7. The maximum atomic E-state index is 12.8. The van der Waals surface area contributed by atoms with E-state index in [2.05, 4.69) is 0 Å². The molecule has 0 saturated heterocycles. The summed E-state index contributed by atoms with van der Waals surface area (Å²) in [4.78, 5) is 0.330. The van der Waals surface area contributed by atoms with Gasteiger partial charge in [-0.05, 0) is 43.2 Å². The van der Waals surface area contributed by atoms with E-state index >= 15 is 0 Å². The third kappa shape index (κ3) is 3.71. The van der Waals surface area contributed by atoms with Gasteiger partial charge in [0.25, 0.3) is 0 Å². The second-order valence-electron chi connectivity index (χ2n) is 5.72. The van der Waals surface area contributed by atoms with Gasteiger partial charge in [-0.1, -0.05) is 23.8 Å². The van der Waals surface area contributed by atoms with Crippen LogP contribution in [0.25, 0.3) is 0 Å². The summed E-state index contributed by atoms with van der Waals surface area (Å²) in [6.07, 6.45) is 0. The predicted octanol–water partition coefficient (Wildman–Crippen LogP) is 3.14. The molecular formula is C18H23NO4S. The van der Waals surface area contributed by atoms with E-state index in [4.69, 9.17) is 9.47 Å². The third-order valence-electron chi connectivity index (χ3n) is 3.87. The predicted molar refractivity (Wildman–Crippen MR) is 94.1 cm³/mol. The van der Waals surface area contributed by atoms with E-state index in [-0.39, 0.29) is 6.54 Å². The second-order valence-corrected chi connectivity index (χ2v) is 7.73. The standard InChI is InChI=1S/C18H23NO4S/c1-13-6-9-18(14(2)10-13)24(20,21)19(3)12-15-7-8-16(22-4)17(11-15)23-5/h6-11H,12H2,1-5H3. The Kier molecular flexibility index (Phi) is 5.51. The number of methoxy groups -OCH3 is 2. The summed E-state index contributed by atoms with van der Waals surface area (Å²) in [6, 6.07) is 10.7. The van der Waals surface area contributed by atoms with Crippen molar-refractivity contribution in [2.24, 2.45) is 0 Å². The van der Waals surface area contributed by atoms with Gasteiger partial charge in [-0.25, -0.2) is 8.42 Å². The summed E-state index contributed by atoms with van der Waals surface area (Å²) in [5.41, 5.74) is 2.60. The Bertz CT molecular complexity index is 831. The van der Waals surface area contributed by atoms with Gasteiger partial charge >= 0.3 is 0 Å². The van der Waals surface area contributed by atoms with Gasteiger partial charge in [-0.2, -0.15) is 4.31 Å². The van der Waals surface area contributed by atoms with Crippen LogP contribution in [0.2, 0.25) is 0 Å². The van der Waals surface area contributed by atoms with Crippen LogP contribution >= 0.6 is 0 Å². The zero-order chi connectivity index (χ0) is 17.9. The number of benzene rings is 2. The molecule has 0 N–H and O–H groups in total. The number of nitrogens with zero attached hydrogens (tertiary/aromatic N) is 1. The minimum atomic E-state index is -3.56. The topological polar surface area (TPSA) is 55.8 Å². The molecule has 24 heavy (non-hydrogen) atoms. The Morgan fingerprint density at radius 2 is 1.62 bits per heavy atom. The summed E-state index contributed by atoms with van der Waals surface area (Å²) < 4.78 is 37.4. The molecule has 0 spiro atoms. The van der Waals surface area contributed by atoms with Crippen molar-refractivity contribution in [1.29, 1.82) is 0 Å². The molecule has 0 amide bonds. The molecule has 0 bridgehead atoms. The van der Waals surface area contributed by atoms with Gasteiger partial charge in [0.1, 0.15) is 0 Å². The monoisotopic (exact) mass is 349 g/mol. The fourth-order valence-corrected chi connectivity index (χ4v) is 3.94. The average molecular weight is 349 g/mol. The Hall–Kier alpha value is -2.05. The molecule has 0 aliphatic carbocycles. The van der Waals surface area contributed by atoms with Gasteiger partial charge in [0.2, 0.25) is 10.0 Å². The molecular weight excluding hydrogens is 326 g/mol. The Morgan fingerprint density at radius 1 is 0.958 bits per heavy atom. The third-order valence-corrected chi connectivity index (χ3v) is 5.84. The largest absolute Gasteiger partial charge is 0.493 e. The summed E-state index contributed by atoms with van der Waals surface area (Å²) in [5, 5.41) is 0. The van der Waals surface area contributed by atoms with Gasteiger partial charge in [-0.3, -0.25) is 0 Å². The van der Waals surface area contributed by atoms with Crippen molar-refractivity contribution in [3.05, 3.63) is 53.1 Å². The lowest BCUT2D eigenvalue weighted by molar-refractivity contribution is 0.354. The van der Waals surface area contributed by atoms with E-state index in [1.807, 2.05) is 32.0 Å². The summed E-state index contributed by atoms with van der Waals surface area (Å²) >= 11 is 0. The quantitative estimate of drug-likeness (QED) is 0.804. The Balaban J connectivity index is 2.29. The smallest absolute Gasteiger partial charge is 0.243 e. The lowest BCUT2D eigenvalue weighted by atomic mass is 10.2. The van der Waals surface area contributed by atoms with Crippen molar-refractivity contribution in [3.8, 4) is 11.5 Å². The van der Waals surface area contributed by atoms with Crippen molar-refractivity contribution in [2.45, 2.75) is 25.3 Å². The number of rotatable bonds is 6. The Labute approximate surface area is 143 Å². The highest BCUT2D eigenvalue weighted by molar-refractivity contribution is 7.89. The minimum Gasteiger partial charge on any atom is -0.493 e. The number of hydrogen-bond acceptors (Lipinski definition) is 4. The van der Waals surface area contributed by atoms with E-state index in [0.29, 0.717) is 16.4 Å². The highest BCUT2D eigenvalue weighted by atomic mass is 32.2. The minimum absolute atomic E-state index is 0.246. The molecule has 130 valence electrons. The molecule has 2 rings (SSSR count).